The Labute approximate surface area is 190 Å². The molecule has 33 heavy (non-hydrogen) atoms. The Morgan fingerprint density at radius 2 is 1.76 bits per heavy atom. The molecule has 9 heteroatoms. The summed E-state index contributed by atoms with van der Waals surface area (Å²) >= 11 is 0. The van der Waals surface area contributed by atoms with E-state index in [1.807, 2.05) is 6.07 Å². The first-order valence-corrected chi connectivity index (χ1v) is 10.6. The highest BCUT2D eigenvalue weighted by atomic mass is 19.1. The molecule has 172 valence electrons. The molecule has 2 amide bonds. The van der Waals surface area contributed by atoms with E-state index in [0.717, 1.165) is 11.1 Å². The van der Waals surface area contributed by atoms with E-state index in [1.165, 1.54) is 18.2 Å². The second-order valence-corrected chi connectivity index (χ2v) is 7.72. The molecule has 0 bridgehead atoms. The smallest absolute Gasteiger partial charge is 0.272 e. The standard InChI is InChI=1S/C24H25FN4O4/c1-32-21-9-6-17(12-22(21)33-2)14-26-23(30)19-13-20-24(31)28(10-3-11-29(20)27-19)15-16-4-7-18(25)8-5-16/h4-9,12-13H,3,10-11,14-15H2,1-2H3,(H,26,30). The normalized spacial score (nSPS) is 13.3. The van der Waals surface area contributed by atoms with Gasteiger partial charge in [-0.25, -0.2) is 4.39 Å². The minimum atomic E-state index is -0.372. The van der Waals surface area contributed by atoms with Gasteiger partial charge in [-0.3, -0.25) is 14.3 Å². The summed E-state index contributed by atoms with van der Waals surface area (Å²) in [6.07, 6.45) is 0.703. The molecular formula is C24H25FN4O4. The van der Waals surface area contributed by atoms with Gasteiger partial charge in [0, 0.05) is 32.2 Å². The molecule has 1 aromatic heterocycles. The second-order valence-electron chi connectivity index (χ2n) is 7.72. The zero-order valence-electron chi connectivity index (χ0n) is 18.5. The fourth-order valence-corrected chi connectivity index (χ4v) is 3.77. The van der Waals surface area contributed by atoms with Crippen LogP contribution in [0.5, 0.6) is 11.5 Å². The van der Waals surface area contributed by atoms with Crippen LogP contribution in [0.15, 0.2) is 48.5 Å². The average Bonchev–Trinajstić information content (AvgIpc) is 3.21. The zero-order valence-corrected chi connectivity index (χ0v) is 18.5. The highest BCUT2D eigenvalue weighted by Crippen LogP contribution is 2.27. The summed E-state index contributed by atoms with van der Waals surface area (Å²) < 4.78 is 25.3. The topological polar surface area (TPSA) is 85.7 Å². The molecule has 2 heterocycles. The number of rotatable bonds is 7. The van der Waals surface area contributed by atoms with Gasteiger partial charge in [0.15, 0.2) is 17.2 Å². The second kappa shape index (κ2) is 9.72. The van der Waals surface area contributed by atoms with Gasteiger partial charge < -0.3 is 19.7 Å². The number of amides is 2. The van der Waals surface area contributed by atoms with Crippen LogP contribution in [0.2, 0.25) is 0 Å². The van der Waals surface area contributed by atoms with Crippen LogP contribution in [-0.2, 0) is 19.6 Å². The summed E-state index contributed by atoms with van der Waals surface area (Å²) in [5.74, 6) is 0.285. The summed E-state index contributed by atoms with van der Waals surface area (Å²) in [5, 5.41) is 7.18. The molecule has 1 aliphatic rings. The van der Waals surface area contributed by atoms with Crippen molar-refractivity contribution in [1.82, 2.24) is 20.0 Å². The maximum Gasteiger partial charge on any atom is 0.272 e. The predicted octanol–water partition coefficient (Wildman–Crippen LogP) is 3.02. The van der Waals surface area contributed by atoms with Crippen molar-refractivity contribution in [2.24, 2.45) is 0 Å². The fraction of sp³-hybridized carbons (Fsp3) is 0.292. The molecule has 0 unspecified atom stereocenters. The molecule has 0 fully saturated rings. The highest BCUT2D eigenvalue weighted by Gasteiger charge is 2.26. The highest BCUT2D eigenvalue weighted by molar-refractivity contribution is 5.98. The molecule has 0 saturated heterocycles. The van der Waals surface area contributed by atoms with Gasteiger partial charge in [-0.15, -0.1) is 0 Å². The number of carbonyl (C=O) groups is 2. The third-order valence-corrected chi connectivity index (χ3v) is 5.50. The Morgan fingerprint density at radius 3 is 2.48 bits per heavy atom. The van der Waals surface area contributed by atoms with Crippen LogP contribution in [-0.4, -0.2) is 47.3 Å². The molecule has 0 radical (unpaired) electrons. The Kier molecular flexibility index (Phi) is 6.58. The lowest BCUT2D eigenvalue weighted by Crippen LogP contribution is -2.30. The molecule has 4 rings (SSSR count). The van der Waals surface area contributed by atoms with Gasteiger partial charge in [-0.05, 0) is 41.8 Å². The van der Waals surface area contributed by atoms with Crippen LogP contribution in [0, 0.1) is 5.82 Å². The molecular weight excluding hydrogens is 427 g/mol. The van der Waals surface area contributed by atoms with Crippen molar-refractivity contribution in [3.05, 3.63) is 76.9 Å². The molecule has 8 nitrogen and oxygen atoms in total. The number of nitrogens with one attached hydrogen (secondary N) is 1. The van der Waals surface area contributed by atoms with Crippen molar-refractivity contribution >= 4 is 11.8 Å². The quantitative estimate of drug-likeness (QED) is 0.596. The van der Waals surface area contributed by atoms with Crippen molar-refractivity contribution in [3.63, 3.8) is 0 Å². The van der Waals surface area contributed by atoms with E-state index in [2.05, 4.69) is 10.4 Å². The van der Waals surface area contributed by atoms with Gasteiger partial charge in [0.05, 0.1) is 14.2 Å². The van der Waals surface area contributed by atoms with E-state index >= 15 is 0 Å². The van der Waals surface area contributed by atoms with E-state index < -0.39 is 0 Å². The van der Waals surface area contributed by atoms with Gasteiger partial charge in [0.25, 0.3) is 11.8 Å². The Balaban J connectivity index is 1.44. The van der Waals surface area contributed by atoms with Crippen molar-refractivity contribution in [3.8, 4) is 11.5 Å². The summed E-state index contributed by atoms with van der Waals surface area (Å²) in [7, 11) is 3.11. The van der Waals surface area contributed by atoms with Crippen LogP contribution in [0.25, 0.3) is 0 Å². The van der Waals surface area contributed by atoms with Crippen molar-refractivity contribution < 1.29 is 23.5 Å². The maximum atomic E-state index is 13.2. The lowest BCUT2D eigenvalue weighted by atomic mass is 10.2. The molecule has 0 aliphatic carbocycles. The number of ether oxygens (including phenoxy) is 2. The minimum Gasteiger partial charge on any atom is -0.493 e. The van der Waals surface area contributed by atoms with Gasteiger partial charge >= 0.3 is 0 Å². The van der Waals surface area contributed by atoms with E-state index in [0.29, 0.717) is 43.2 Å². The number of hydrogen-bond donors (Lipinski definition) is 1. The molecule has 0 spiro atoms. The van der Waals surface area contributed by atoms with Crippen molar-refractivity contribution in [2.75, 3.05) is 20.8 Å². The van der Waals surface area contributed by atoms with Crippen LogP contribution >= 0.6 is 0 Å². The largest absolute Gasteiger partial charge is 0.493 e. The van der Waals surface area contributed by atoms with Crippen LogP contribution < -0.4 is 14.8 Å². The molecule has 1 aliphatic heterocycles. The number of aryl methyl sites for hydroxylation is 1. The summed E-state index contributed by atoms with van der Waals surface area (Å²) in [5.41, 5.74) is 2.22. The molecule has 0 atom stereocenters. The van der Waals surface area contributed by atoms with E-state index in [9.17, 15) is 14.0 Å². The van der Waals surface area contributed by atoms with Crippen molar-refractivity contribution in [2.45, 2.75) is 26.1 Å². The van der Waals surface area contributed by atoms with Gasteiger partial charge in [-0.1, -0.05) is 18.2 Å². The molecule has 2 aromatic carbocycles. The summed E-state index contributed by atoms with van der Waals surface area (Å²) in [4.78, 5) is 27.5. The van der Waals surface area contributed by atoms with Gasteiger partial charge in [0.1, 0.15) is 11.5 Å². The number of fused-ring (bicyclic) bond motifs is 1. The molecule has 1 N–H and O–H groups in total. The predicted molar refractivity (Wildman–Crippen MR) is 119 cm³/mol. The van der Waals surface area contributed by atoms with E-state index in [1.54, 1.807) is 48.1 Å². The lowest BCUT2D eigenvalue weighted by molar-refractivity contribution is 0.0745. The third kappa shape index (κ3) is 4.97. The number of hydrogen-bond acceptors (Lipinski definition) is 5. The molecule has 0 saturated carbocycles. The first-order chi connectivity index (χ1) is 16.0. The number of nitrogens with zero attached hydrogens (tertiary/aromatic N) is 3. The summed E-state index contributed by atoms with van der Waals surface area (Å²) in [6.45, 7) is 1.72. The molecule has 3 aromatic rings. The van der Waals surface area contributed by atoms with Crippen LogP contribution in [0.1, 0.15) is 38.5 Å². The van der Waals surface area contributed by atoms with E-state index in [-0.39, 0.29) is 29.9 Å². The summed E-state index contributed by atoms with van der Waals surface area (Å²) in [6, 6.07) is 13.0. The Hall–Kier alpha value is -3.88. The fourth-order valence-electron chi connectivity index (χ4n) is 3.77. The first-order valence-electron chi connectivity index (χ1n) is 10.6. The average molecular weight is 452 g/mol. The lowest BCUT2D eigenvalue weighted by Gasteiger charge is -2.20. The Morgan fingerprint density at radius 1 is 1.03 bits per heavy atom. The SMILES string of the molecule is COc1ccc(CNC(=O)c2cc3n(n2)CCCN(Cc2ccc(F)cc2)C3=O)cc1OC. The maximum absolute atomic E-state index is 13.2. The Bertz CT molecular complexity index is 1160. The van der Waals surface area contributed by atoms with Crippen LogP contribution in [0.3, 0.4) is 0 Å². The monoisotopic (exact) mass is 452 g/mol. The number of carbonyl (C=O) groups excluding carboxylic acids is 2. The minimum absolute atomic E-state index is 0.183. The first kappa shape index (κ1) is 22.3. The van der Waals surface area contributed by atoms with Gasteiger partial charge in [-0.2, -0.15) is 5.10 Å². The van der Waals surface area contributed by atoms with Crippen molar-refractivity contribution in [1.29, 1.82) is 0 Å². The zero-order chi connectivity index (χ0) is 23.4. The number of benzene rings is 2. The number of methoxy groups -OCH3 is 2. The third-order valence-electron chi connectivity index (χ3n) is 5.50. The van der Waals surface area contributed by atoms with E-state index in [4.69, 9.17) is 9.47 Å². The van der Waals surface area contributed by atoms with Gasteiger partial charge in [0.2, 0.25) is 0 Å². The number of halogens is 1. The number of aromatic nitrogens is 2. The van der Waals surface area contributed by atoms with Crippen LogP contribution in [0.4, 0.5) is 4.39 Å².